The summed E-state index contributed by atoms with van der Waals surface area (Å²) in [6.45, 7) is 0. The van der Waals surface area contributed by atoms with Crippen LogP contribution in [0.1, 0.15) is 5.56 Å². The molecule has 164 valence electrons. The van der Waals surface area contributed by atoms with Crippen molar-refractivity contribution in [2.75, 3.05) is 0 Å². The van der Waals surface area contributed by atoms with Crippen LogP contribution >= 0.6 is 34.0 Å². The van der Waals surface area contributed by atoms with Crippen molar-refractivity contribution in [3.8, 4) is 37.8 Å². The summed E-state index contributed by atoms with van der Waals surface area (Å²) in [4.78, 5) is 14.5. The Balaban J connectivity index is 1.21. The number of thiazole rings is 3. The summed E-state index contributed by atoms with van der Waals surface area (Å²) in [6.07, 6.45) is 0. The number of fused-ring (bicyclic) bond motifs is 3. The highest BCUT2D eigenvalue weighted by molar-refractivity contribution is 7.24. The van der Waals surface area contributed by atoms with Crippen LogP contribution in [0.5, 0.6) is 0 Å². The van der Waals surface area contributed by atoms with Crippen LogP contribution in [0.2, 0.25) is 0 Å². The van der Waals surface area contributed by atoms with Gasteiger partial charge in [-0.05, 0) is 36.4 Å². The van der Waals surface area contributed by atoms with Crippen LogP contribution in [0, 0.1) is 11.3 Å². The average Bonchev–Trinajstić information content (AvgIpc) is 3.63. The lowest BCUT2D eigenvalue weighted by Gasteiger charge is -1.98. The van der Waals surface area contributed by atoms with Crippen molar-refractivity contribution in [3.63, 3.8) is 0 Å². The minimum Gasteiger partial charge on any atom is -0.236 e. The second-order valence-electron chi connectivity index (χ2n) is 8.08. The number of nitrogens with zero attached hydrogens (tertiary/aromatic N) is 4. The van der Waals surface area contributed by atoms with Gasteiger partial charge in [-0.3, -0.25) is 0 Å². The first kappa shape index (κ1) is 20.4. The van der Waals surface area contributed by atoms with Gasteiger partial charge in [0.05, 0.1) is 42.3 Å². The maximum atomic E-state index is 9.02. The Kier molecular flexibility index (Phi) is 4.71. The Labute approximate surface area is 212 Å². The Morgan fingerprint density at radius 1 is 0.514 bits per heavy atom. The highest BCUT2D eigenvalue weighted by Crippen LogP contribution is 2.38. The SMILES string of the molecule is N#Cc1ccc(-c2nc3cc4nc(-c5ccc(-c6nc7ccccc7s6)cc5)sc4cc3s2)cc1. The van der Waals surface area contributed by atoms with E-state index in [0.717, 1.165) is 57.7 Å². The van der Waals surface area contributed by atoms with Crippen molar-refractivity contribution >= 4 is 64.7 Å². The molecule has 35 heavy (non-hydrogen) atoms. The van der Waals surface area contributed by atoms with E-state index in [2.05, 4.69) is 54.6 Å². The number of para-hydroxylation sites is 1. The molecule has 0 radical (unpaired) electrons. The van der Waals surface area contributed by atoms with Crippen LogP contribution < -0.4 is 0 Å². The fraction of sp³-hybridized carbons (Fsp3) is 0. The van der Waals surface area contributed by atoms with Gasteiger partial charge in [0.15, 0.2) is 0 Å². The Hall–Kier alpha value is -3.96. The van der Waals surface area contributed by atoms with Crippen molar-refractivity contribution in [1.29, 1.82) is 5.26 Å². The number of hydrogen-bond donors (Lipinski definition) is 0. The zero-order chi connectivity index (χ0) is 23.4. The third-order valence-electron chi connectivity index (χ3n) is 5.83. The summed E-state index contributed by atoms with van der Waals surface area (Å²) in [5.74, 6) is 0. The van der Waals surface area contributed by atoms with Crippen molar-refractivity contribution in [2.45, 2.75) is 0 Å². The Morgan fingerprint density at radius 2 is 1.00 bits per heavy atom. The van der Waals surface area contributed by atoms with Gasteiger partial charge in [-0.25, -0.2) is 15.0 Å². The van der Waals surface area contributed by atoms with Crippen LogP contribution in [-0.2, 0) is 0 Å². The number of aromatic nitrogens is 3. The van der Waals surface area contributed by atoms with Gasteiger partial charge in [-0.1, -0.05) is 48.5 Å². The van der Waals surface area contributed by atoms with Crippen molar-refractivity contribution in [1.82, 2.24) is 15.0 Å². The summed E-state index contributed by atoms with van der Waals surface area (Å²) in [7, 11) is 0. The van der Waals surface area contributed by atoms with E-state index >= 15 is 0 Å². The van der Waals surface area contributed by atoms with E-state index in [9.17, 15) is 0 Å². The molecule has 0 aliphatic rings. The second kappa shape index (κ2) is 8.07. The highest BCUT2D eigenvalue weighted by Gasteiger charge is 2.13. The van der Waals surface area contributed by atoms with Gasteiger partial charge in [0.2, 0.25) is 0 Å². The van der Waals surface area contributed by atoms with Gasteiger partial charge in [-0.15, -0.1) is 34.0 Å². The summed E-state index contributed by atoms with van der Waals surface area (Å²) in [6, 6.07) is 30.7. The summed E-state index contributed by atoms with van der Waals surface area (Å²) in [5.41, 5.74) is 6.85. The number of benzene rings is 4. The summed E-state index contributed by atoms with van der Waals surface area (Å²) < 4.78 is 3.49. The molecule has 0 atom stereocenters. The average molecular weight is 503 g/mol. The van der Waals surface area contributed by atoms with Crippen molar-refractivity contribution in [2.24, 2.45) is 0 Å². The van der Waals surface area contributed by atoms with E-state index in [4.69, 9.17) is 20.2 Å². The fourth-order valence-electron chi connectivity index (χ4n) is 4.04. The molecular weight excluding hydrogens is 489 g/mol. The minimum absolute atomic E-state index is 0.653. The molecule has 0 aliphatic carbocycles. The molecule has 3 aromatic heterocycles. The molecule has 7 rings (SSSR count). The van der Waals surface area contributed by atoms with Gasteiger partial charge in [-0.2, -0.15) is 5.26 Å². The van der Waals surface area contributed by atoms with Gasteiger partial charge in [0, 0.05) is 16.7 Å². The number of rotatable bonds is 3. The largest absolute Gasteiger partial charge is 0.236 e. The van der Waals surface area contributed by atoms with E-state index in [1.165, 1.54) is 4.70 Å². The normalized spacial score (nSPS) is 11.4. The standard InChI is InChI=1S/C28H14N4S3/c29-15-16-5-7-17(8-6-16)27-31-21-13-22-25(14-24(21)34-27)35-28(32-22)19-11-9-18(10-12-19)26-30-20-3-1-2-4-23(20)33-26/h1-14H. The number of nitriles is 1. The van der Waals surface area contributed by atoms with Gasteiger partial charge in [0.1, 0.15) is 15.0 Å². The van der Waals surface area contributed by atoms with E-state index in [1.54, 1.807) is 34.0 Å². The first-order chi connectivity index (χ1) is 17.2. The smallest absolute Gasteiger partial charge is 0.124 e. The molecule has 0 unspecified atom stereocenters. The first-order valence-electron chi connectivity index (χ1n) is 10.9. The molecule has 0 saturated carbocycles. The third kappa shape index (κ3) is 3.60. The molecule has 0 fully saturated rings. The lowest BCUT2D eigenvalue weighted by atomic mass is 10.1. The molecule has 4 nitrogen and oxygen atoms in total. The molecule has 0 aliphatic heterocycles. The Bertz CT molecular complexity index is 1820. The monoisotopic (exact) mass is 502 g/mol. The Morgan fingerprint density at radius 3 is 1.54 bits per heavy atom. The molecule has 7 aromatic rings. The van der Waals surface area contributed by atoms with Crippen LogP contribution in [0.4, 0.5) is 0 Å². The molecule has 0 saturated heterocycles. The molecule has 0 spiro atoms. The fourth-order valence-corrected chi connectivity index (χ4v) is 7.07. The summed E-state index contributed by atoms with van der Waals surface area (Å²) >= 11 is 5.08. The molecule has 0 N–H and O–H groups in total. The molecule has 0 bridgehead atoms. The van der Waals surface area contributed by atoms with E-state index in [1.807, 2.05) is 36.4 Å². The lowest BCUT2D eigenvalue weighted by molar-refractivity contribution is 1.44. The predicted octanol–water partition coefficient (Wildman–Crippen LogP) is 8.39. The predicted molar refractivity (Wildman–Crippen MR) is 147 cm³/mol. The third-order valence-corrected chi connectivity index (χ3v) is 9.05. The maximum Gasteiger partial charge on any atom is 0.124 e. The van der Waals surface area contributed by atoms with E-state index in [-0.39, 0.29) is 0 Å². The zero-order valence-electron chi connectivity index (χ0n) is 18.1. The molecule has 4 aromatic carbocycles. The van der Waals surface area contributed by atoms with Crippen LogP contribution in [0.25, 0.3) is 62.4 Å². The van der Waals surface area contributed by atoms with Crippen molar-refractivity contribution in [3.05, 3.63) is 90.5 Å². The topological polar surface area (TPSA) is 62.5 Å². The van der Waals surface area contributed by atoms with Crippen LogP contribution in [0.3, 0.4) is 0 Å². The molecule has 0 amide bonds. The van der Waals surface area contributed by atoms with Crippen molar-refractivity contribution < 1.29 is 0 Å². The van der Waals surface area contributed by atoms with E-state index in [0.29, 0.717) is 5.56 Å². The minimum atomic E-state index is 0.653. The summed E-state index contributed by atoms with van der Waals surface area (Å²) in [5, 5.41) is 12.0. The first-order valence-corrected chi connectivity index (χ1v) is 13.4. The van der Waals surface area contributed by atoms with E-state index < -0.39 is 0 Å². The van der Waals surface area contributed by atoms with Crippen LogP contribution in [-0.4, -0.2) is 15.0 Å². The maximum absolute atomic E-state index is 9.02. The quantitative estimate of drug-likeness (QED) is 0.243. The lowest BCUT2D eigenvalue weighted by Crippen LogP contribution is -1.79. The van der Waals surface area contributed by atoms with Crippen LogP contribution in [0.15, 0.2) is 84.9 Å². The van der Waals surface area contributed by atoms with Gasteiger partial charge < -0.3 is 0 Å². The highest BCUT2D eigenvalue weighted by atomic mass is 32.1. The molecule has 7 heteroatoms. The molecular formula is C28H14N4S3. The molecule has 3 heterocycles. The van der Waals surface area contributed by atoms with Gasteiger partial charge >= 0.3 is 0 Å². The number of hydrogen-bond acceptors (Lipinski definition) is 7. The van der Waals surface area contributed by atoms with Gasteiger partial charge in [0.25, 0.3) is 0 Å². The zero-order valence-corrected chi connectivity index (χ0v) is 20.5. The second-order valence-corrected chi connectivity index (χ2v) is 11.2.